The number of methoxy groups -OCH3 is 1. The van der Waals surface area contributed by atoms with Crippen molar-refractivity contribution in [2.24, 2.45) is 5.92 Å². The third-order valence-corrected chi connectivity index (χ3v) is 4.12. The van der Waals surface area contributed by atoms with E-state index in [1.54, 1.807) is 13.2 Å². The summed E-state index contributed by atoms with van der Waals surface area (Å²) in [5.41, 5.74) is 7.15. The largest absolute Gasteiger partial charge is 0.397 e. The van der Waals surface area contributed by atoms with E-state index >= 15 is 0 Å². The van der Waals surface area contributed by atoms with E-state index in [9.17, 15) is 4.79 Å². The second-order valence-electron chi connectivity index (χ2n) is 5.95. The van der Waals surface area contributed by atoms with Crippen molar-refractivity contribution in [1.82, 2.24) is 9.47 Å². The van der Waals surface area contributed by atoms with Gasteiger partial charge in [0.25, 0.3) is 5.91 Å². The molecule has 1 amide bonds. The topological polar surface area (TPSA) is 60.5 Å². The molecular weight excluding hydrogens is 254 g/mol. The van der Waals surface area contributed by atoms with E-state index in [4.69, 9.17) is 10.5 Å². The fourth-order valence-corrected chi connectivity index (χ4v) is 2.79. The number of aromatic nitrogens is 1. The first-order chi connectivity index (χ1) is 9.43. The number of likely N-dealkylation sites (tertiary alicyclic amines) is 1. The standard InChI is InChI=1S/C15H25N3O2/c1-10(2)18-8-12(16)7-13(18)15(19)17-6-5-11(3)14(9-17)20-4/h7-8,10-11,14H,5-6,9,16H2,1-4H3. The molecule has 5 nitrogen and oxygen atoms in total. The van der Waals surface area contributed by atoms with Gasteiger partial charge in [-0.3, -0.25) is 4.79 Å². The van der Waals surface area contributed by atoms with Gasteiger partial charge < -0.3 is 19.9 Å². The zero-order chi connectivity index (χ0) is 14.9. The van der Waals surface area contributed by atoms with Gasteiger partial charge in [0.1, 0.15) is 5.69 Å². The predicted molar refractivity (Wildman–Crippen MR) is 79.7 cm³/mol. The Balaban J connectivity index is 2.19. The molecule has 2 N–H and O–H groups in total. The Morgan fingerprint density at radius 2 is 2.20 bits per heavy atom. The van der Waals surface area contributed by atoms with Crippen LogP contribution in [0.4, 0.5) is 5.69 Å². The highest BCUT2D eigenvalue weighted by Gasteiger charge is 2.30. The Morgan fingerprint density at radius 3 is 2.80 bits per heavy atom. The monoisotopic (exact) mass is 279 g/mol. The number of ether oxygens (including phenoxy) is 1. The van der Waals surface area contributed by atoms with Gasteiger partial charge in [-0.1, -0.05) is 6.92 Å². The Bertz CT molecular complexity index is 481. The van der Waals surface area contributed by atoms with Crippen LogP contribution in [0, 0.1) is 5.92 Å². The second-order valence-corrected chi connectivity index (χ2v) is 5.95. The first-order valence-corrected chi connectivity index (χ1v) is 7.23. The van der Waals surface area contributed by atoms with Gasteiger partial charge in [0, 0.05) is 32.4 Å². The highest BCUT2D eigenvalue weighted by Crippen LogP contribution is 2.23. The minimum Gasteiger partial charge on any atom is -0.397 e. The van der Waals surface area contributed by atoms with Gasteiger partial charge in [-0.25, -0.2) is 0 Å². The van der Waals surface area contributed by atoms with E-state index < -0.39 is 0 Å². The molecule has 0 radical (unpaired) electrons. The molecule has 2 atom stereocenters. The van der Waals surface area contributed by atoms with Crippen LogP contribution < -0.4 is 5.73 Å². The van der Waals surface area contributed by atoms with Crippen LogP contribution in [0.25, 0.3) is 0 Å². The predicted octanol–water partition coefficient (Wildman–Crippen LogP) is 2.15. The molecule has 0 saturated carbocycles. The third-order valence-electron chi connectivity index (χ3n) is 4.12. The number of anilines is 1. The summed E-state index contributed by atoms with van der Waals surface area (Å²) in [6.45, 7) is 7.70. The van der Waals surface area contributed by atoms with Gasteiger partial charge in [0.2, 0.25) is 0 Å². The number of rotatable bonds is 3. The minimum atomic E-state index is 0.0457. The molecule has 1 aromatic rings. The van der Waals surface area contributed by atoms with Crippen LogP contribution in [-0.4, -0.2) is 41.7 Å². The Kier molecular flexibility index (Phi) is 4.38. The van der Waals surface area contributed by atoms with Gasteiger partial charge in [-0.2, -0.15) is 0 Å². The van der Waals surface area contributed by atoms with Gasteiger partial charge in [-0.05, 0) is 32.3 Å². The summed E-state index contributed by atoms with van der Waals surface area (Å²) in [6, 6.07) is 1.98. The summed E-state index contributed by atoms with van der Waals surface area (Å²) in [5, 5.41) is 0. The maximum Gasteiger partial charge on any atom is 0.270 e. The van der Waals surface area contributed by atoms with Gasteiger partial charge in [-0.15, -0.1) is 0 Å². The van der Waals surface area contributed by atoms with E-state index in [1.165, 1.54) is 0 Å². The van der Waals surface area contributed by atoms with E-state index in [0.29, 0.717) is 23.8 Å². The lowest BCUT2D eigenvalue weighted by Crippen LogP contribution is -2.47. The first-order valence-electron chi connectivity index (χ1n) is 7.23. The van der Waals surface area contributed by atoms with E-state index in [1.807, 2.05) is 29.5 Å². The molecule has 0 aliphatic carbocycles. The number of nitrogen functional groups attached to an aromatic ring is 1. The molecule has 1 aromatic heterocycles. The van der Waals surface area contributed by atoms with Crippen LogP contribution in [0.15, 0.2) is 12.3 Å². The van der Waals surface area contributed by atoms with Crippen molar-refractivity contribution >= 4 is 11.6 Å². The normalized spacial score (nSPS) is 23.4. The molecule has 1 fully saturated rings. The molecule has 0 bridgehead atoms. The molecule has 2 rings (SSSR count). The molecular formula is C15H25N3O2. The number of hydrogen-bond donors (Lipinski definition) is 1. The molecule has 0 spiro atoms. The summed E-state index contributed by atoms with van der Waals surface area (Å²) in [7, 11) is 1.71. The quantitative estimate of drug-likeness (QED) is 0.922. The number of carbonyl (C=O) groups is 1. The number of nitrogens with two attached hydrogens (primary N) is 1. The maximum atomic E-state index is 12.7. The summed E-state index contributed by atoms with van der Waals surface area (Å²) >= 11 is 0. The fraction of sp³-hybridized carbons (Fsp3) is 0.667. The van der Waals surface area contributed by atoms with Crippen molar-refractivity contribution in [1.29, 1.82) is 0 Å². The van der Waals surface area contributed by atoms with Gasteiger partial charge in [0.15, 0.2) is 0 Å². The summed E-state index contributed by atoms with van der Waals surface area (Å²) in [5.74, 6) is 0.537. The summed E-state index contributed by atoms with van der Waals surface area (Å²) < 4.78 is 7.42. The van der Waals surface area contributed by atoms with Crippen LogP contribution in [0.2, 0.25) is 0 Å². The number of piperidine rings is 1. The lowest BCUT2D eigenvalue weighted by molar-refractivity contribution is -0.00197. The highest BCUT2D eigenvalue weighted by molar-refractivity contribution is 5.94. The Morgan fingerprint density at radius 1 is 1.50 bits per heavy atom. The number of nitrogens with zero attached hydrogens (tertiary/aromatic N) is 2. The smallest absolute Gasteiger partial charge is 0.270 e. The molecule has 2 heterocycles. The molecule has 2 unspecified atom stereocenters. The van der Waals surface area contributed by atoms with Gasteiger partial charge in [0.05, 0.1) is 11.8 Å². The lowest BCUT2D eigenvalue weighted by atomic mass is 9.95. The molecule has 1 aliphatic rings. The second kappa shape index (κ2) is 5.87. The first kappa shape index (κ1) is 14.9. The fourth-order valence-electron chi connectivity index (χ4n) is 2.79. The highest BCUT2D eigenvalue weighted by atomic mass is 16.5. The third kappa shape index (κ3) is 2.82. The number of hydrogen-bond acceptors (Lipinski definition) is 3. The van der Waals surface area contributed by atoms with Crippen molar-refractivity contribution in [3.8, 4) is 0 Å². The molecule has 1 aliphatic heterocycles. The molecule has 5 heteroatoms. The average molecular weight is 279 g/mol. The Labute approximate surface area is 120 Å². The number of carbonyl (C=O) groups excluding carboxylic acids is 1. The zero-order valence-electron chi connectivity index (χ0n) is 12.8. The van der Waals surface area contributed by atoms with E-state index in [0.717, 1.165) is 13.0 Å². The van der Waals surface area contributed by atoms with Crippen molar-refractivity contribution in [3.63, 3.8) is 0 Å². The van der Waals surface area contributed by atoms with Crippen LogP contribution in [0.1, 0.15) is 43.7 Å². The number of amides is 1. The van der Waals surface area contributed by atoms with Crippen LogP contribution in [-0.2, 0) is 4.74 Å². The zero-order valence-corrected chi connectivity index (χ0v) is 12.8. The minimum absolute atomic E-state index is 0.0457. The molecule has 112 valence electrons. The maximum absolute atomic E-state index is 12.7. The Hall–Kier alpha value is -1.49. The molecule has 20 heavy (non-hydrogen) atoms. The summed E-state index contributed by atoms with van der Waals surface area (Å²) in [6.07, 6.45) is 2.92. The van der Waals surface area contributed by atoms with Crippen molar-refractivity contribution in [2.45, 2.75) is 39.3 Å². The average Bonchev–Trinajstić information content (AvgIpc) is 2.81. The lowest BCUT2D eigenvalue weighted by Gasteiger charge is -2.36. The van der Waals surface area contributed by atoms with Crippen molar-refractivity contribution in [3.05, 3.63) is 18.0 Å². The molecule has 0 aromatic carbocycles. The van der Waals surface area contributed by atoms with Crippen molar-refractivity contribution < 1.29 is 9.53 Å². The van der Waals surface area contributed by atoms with E-state index in [-0.39, 0.29) is 18.1 Å². The molecule has 1 saturated heterocycles. The van der Waals surface area contributed by atoms with Gasteiger partial charge >= 0.3 is 0 Å². The van der Waals surface area contributed by atoms with Crippen molar-refractivity contribution in [2.75, 3.05) is 25.9 Å². The SMILES string of the molecule is COC1CN(C(=O)c2cc(N)cn2C(C)C)CCC1C. The van der Waals surface area contributed by atoms with Crippen LogP contribution >= 0.6 is 0 Å². The van der Waals surface area contributed by atoms with E-state index in [2.05, 4.69) is 6.92 Å². The van der Waals surface area contributed by atoms with Crippen LogP contribution in [0.3, 0.4) is 0 Å². The summed E-state index contributed by atoms with van der Waals surface area (Å²) in [4.78, 5) is 14.6. The van der Waals surface area contributed by atoms with Crippen LogP contribution in [0.5, 0.6) is 0 Å².